The number of carboxylic acid groups (broad SMARTS) is 1. The lowest BCUT2D eigenvalue weighted by molar-refractivity contribution is -0.147. The molecule has 1 atom stereocenters. The monoisotopic (exact) mass is 299 g/mol. The summed E-state index contributed by atoms with van der Waals surface area (Å²) in [4.78, 5) is 16.4. The molecule has 2 N–H and O–H groups in total. The van der Waals surface area contributed by atoms with E-state index in [-0.39, 0.29) is 0 Å². The van der Waals surface area contributed by atoms with Crippen LogP contribution < -0.4 is 5.32 Å². The van der Waals surface area contributed by atoms with Gasteiger partial charge in [0.15, 0.2) is 0 Å². The van der Waals surface area contributed by atoms with Gasteiger partial charge >= 0.3 is 5.97 Å². The molecule has 0 heterocycles. The summed E-state index contributed by atoms with van der Waals surface area (Å²) >= 11 is 0. The fraction of sp³-hybridized carbons (Fsp3) is 0.938. The van der Waals surface area contributed by atoms with Gasteiger partial charge in [0.1, 0.15) is 5.54 Å². The standard InChI is InChI=1S/C16H33N3O2/c1-5-10-17-16(15(20)21,14-8-9-14)13-19(6-2)12-7-11-18(3)4/h14,17H,5-13H2,1-4H3,(H,20,21). The molecular formula is C16H33N3O2. The van der Waals surface area contributed by atoms with Gasteiger partial charge in [-0.2, -0.15) is 0 Å². The van der Waals surface area contributed by atoms with Gasteiger partial charge in [-0.25, -0.2) is 0 Å². The van der Waals surface area contributed by atoms with E-state index in [1.165, 1.54) is 0 Å². The Labute approximate surface area is 129 Å². The van der Waals surface area contributed by atoms with E-state index in [1.54, 1.807) is 0 Å². The second-order valence-electron chi connectivity index (χ2n) is 6.50. The van der Waals surface area contributed by atoms with Crippen LogP contribution in [0.15, 0.2) is 0 Å². The van der Waals surface area contributed by atoms with Crippen LogP contribution in [0.4, 0.5) is 0 Å². The minimum atomic E-state index is -0.746. The number of hydrogen-bond donors (Lipinski definition) is 2. The molecule has 0 aromatic rings. The minimum Gasteiger partial charge on any atom is -0.480 e. The average Bonchev–Trinajstić information content (AvgIpc) is 3.25. The van der Waals surface area contributed by atoms with Gasteiger partial charge in [0.2, 0.25) is 0 Å². The van der Waals surface area contributed by atoms with Gasteiger partial charge in [0.05, 0.1) is 0 Å². The molecule has 0 aromatic carbocycles. The first-order valence-corrected chi connectivity index (χ1v) is 8.31. The Kier molecular flexibility index (Phi) is 7.63. The van der Waals surface area contributed by atoms with Crippen molar-refractivity contribution in [3.63, 3.8) is 0 Å². The molecule has 1 unspecified atom stereocenters. The average molecular weight is 299 g/mol. The van der Waals surface area contributed by atoms with Crippen LogP contribution in [0.5, 0.6) is 0 Å². The molecule has 1 saturated carbocycles. The van der Waals surface area contributed by atoms with Crippen molar-refractivity contribution in [3.8, 4) is 0 Å². The minimum absolute atomic E-state index is 0.296. The number of likely N-dealkylation sites (N-methyl/N-ethyl adjacent to an activating group) is 1. The molecule has 0 aromatic heterocycles. The van der Waals surface area contributed by atoms with Crippen LogP contribution >= 0.6 is 0 Å². The van der Waals surface area contributed by atoms with Crippen molar-refractivity contribution in [3.05, 3.63) is 0 Å². The van der Waals surface area contributed by atoms with Gasteiger partial charge in [-0.3, -0.25) is 4.79 Å². The highest BCUT2D eigenvalue weighted by Gasteiger charge is 2.51. The Bertz CT molecular complexity index is 319. The summed E-state index contributed by atoms with van der Waals surface area (Å²) in [5, 5.41) is 13.2. The third-order valence-electron chi connectivity index (χ3n) is 4.35. The zero-order valence-corrected chi connectivity index (χ0v) is 14.2. The first-order chi connectivity index (χ1) is 9.96. The van der Waals surface area contributed by atoms with E-state index in [4.69, 9.17) is 0 Å². The molecule has 5 heteroatoms. The van der Waals surface area contributed by atoms with E-state index < -0.39 is 11.5 Å². The molecule has 1 aliphatic carbocycles. The quantitative estimate of drug-likeness (QED) is 0.572. The first kappa shape index (κ1) is 18.4. The highest BCUT2D eigenvalue weighted by atomic mass is 16.4. The van der Waals surface area contributed by atoms with E-state index in [9.17, 15) is 9.90 Å². The summed E-state index contributed by atoms with van der Waals surface area (Å²) in [5.74, 6) is -0.381. The van der Waals surface area contributed by atoms with Crippen LogP contribution in [0.25, 0.3) is 0 Å². The Morgan fingerprint density at radius 1 is 1.29 bits per heavy atom. The number of nitrogens with zero attached hydrogens (tertiary/aromatic N) is 2. The Balaban J connectivity index is 2.66. The van der Waals surface area contributed by atoms with Crippen LogP contribution in [0, 0.1) is 5.92 Å². The lowest BCUT2D eigenvalue weighted by Crippen LogP contribution is -2.61. The van der Waals surface area contributed by atoms with Crippen molar-refractivity contribution >= 4 is 5.97 Å². The third kappa shape index (κ3) is 5.57. The smallest absolute Gasteiger partial charge is 0.325 e. The SMILES string of the molecule is CCCNC(CN(CC)CCCN(C)C)(C(=O)O)C1CC1. The number of carboxylic acids is 1. The van der Waals surface area contributed by atoms with Gasteiger partial charge < -0.3 is 20.2 Å². The zero-order chi connectivity index (χ0) is 15.9. The maximum Gasteiger partial charge on any atom is 0.325 e. The molecule has 0 amide bonds. The van der Waals surface area contributed by atoms with E-state index in [2.05, 4.69) is 43.1 Å². The van der Waals surface area contributed by atoms with Crippen molar-refractivity contribution < 1.29 is 9.90 Å². The molecule has 21 heavy (non-hydrogen) atoms. The highest BCUT2D eigenvalue weighted by molar-refractivity contribution is 5.80. The largest absolute Gasteiger partial charge is 0.480 e. The summed E-state index contributed by atoms with van der Waals surface area (Å²) in [6.45, 7) is 8.51. The van der Waals surface area contributed by atoms with E-state index in [0.717, 1.165) is 51.9 Å². The van der Waals surface area contributed by atoms with Crippen molar-refractivity contribution in [2.45, 2.75) is 45.1 Å². The van der Waals surface area contributed by atoms with E-state index >= 15 is 0 Å². The first-order valence-electron chi connectivity index (χ1n) is 8.31. The van der Waals surface area contributed by atoms with Crippen molar-refractivity contribution in [2.24, 2.45) is 5.92 Å². The summed E-state index contributed by atoms with van der Waals surface area (Å²) in [5.41, 5.74) is -0.746. The Hall–Kier alpha value is -0.650. The van der Waals surface area contributed by atoms with Crippen LogP contribution in [0.2, 0.25) is 0 Å². The number of aliphatic carboxylic acids is 1. The molecule has 1 rings (SSSR count). The molecule has 0 aliphatic heterocycles. The maximum atomic E-state index is 11.9. The zero-order valence-electron chi connectivity index (χ0n) is 14.2. The maximum absolute atomic E-state index is 11.9. The molecule has 5 nitrogen and oxygen atoms in total. The Morgan fingerprint density at radius 3 is 2.38 bits per heavy atom. The summed E-state index contributed by atoms with van der Waals surface area (Å²) < 4.78 is 0. The molecule has 0 saturated heterocycles. The number of rotatable bonds is 12. The van der Waals surface area contributed by atoms with E-state index in [0.29, 0.717) is 12.5 Å². The summed E-state index contributed by atoms with van der Waals surface area (Å²) in [6.07, 6.45) is 4.13. The molecule has 0 spiro atoms. The highest BCUT2D eigenvalue weighted by Crippen LogP contribution is 2.40. The van der Waals surface area contributed by atoms with Crippen LogP contribution in [-0.2, 0) is 4.79 Å². The fourth-order valence-electron chi connectivity index (χ4n) is 2.88. The second-order valence-corrected chi connectivity index (χ2v) is 6.50. The normalized spacial score (nSPS) is 18.2. The third-order valence-corrected chi connectivity index (χ3v) is 4.35. The second kappa shape index (κ2) is 8.71. The lowest BCUT2D eigenvalue weighted by Gasteiger charge is -2.36. The van der Waals surface area contributed by atoms with E-state index in [1.807, 2.05) is 0 Å². The van der Waals surface area contributed by atoms with Crippen molar-refractivity contribution in [1.29, 1.82) is 0 Å². The van der Waals surface area contributed by atoms with Gasteiger partial charge in [0.25, 0.3) is 0 Å². The lowest BCUT2D eigenvalue weighted by atomic mass is 9.92. The van der Waals surface area contributed by atoms with Crippen LogP contribution in [0.3, 0.4) is 0 Å². The topological polar surface area (TPSA) is 55.8 Å². The molecular weight excluding hydrogens is 266 g/mol. The number of carbonyl (C=O) groups is 1. The van der Waals surface area contributed by atoms with Crippen LogP contribution in [0.1, 0.15) is 39.5 Å². The van der Waals surface area contributed by atoms with Gasteiger partial charge in [-0.1, -0.05) is 13.8 Å². The van der Waals surface area contributed by atoms with Crippen LogP contribution in [-0.4, -0.2) is 73.2 Å². The number of hydrogen-bond acceptors (Lipinski definition) is 4. The molecule has 124 valence electrons. The van der Waals surface area contributed by atoms with Crippen molar-refractivity contribution in [2.75, 3.05) is 46.8 Å². The molecule has 0 bridgehead atoms. The predicted octanol–water partition coefficient (Wildman–Crippen LogP) is 1.49. The molecule has 0 radical (unpaired) electrons. The van der Waals surface area contributed by atoms with Gasteiger partial charge in [-0.05, 0) is 71.9 Å². The van der Waals surface area contributed by atoms with Gasteiger partial charge in [-0.15, -0.1) is 0 Å². The fourth-order valence-corrected chi connectivity index (χ4v) is 2.88. The molecule has 1 aliphatic rings. The summed E-state index contributed by atoms with van der Waals surface area (Å²) in [6, 6.07) is 0. The van der Waals surface area contributed by atoms with Crippen molar-refractivity contribution in [1.82, 2.24) is 15.1 Å². The number of nitrogens with one attached hydrogen (secondary N) is 1. The molecule has 1 fully saturated rings. The van der Waals surface area contributed by atoms with Gasteiger partial charge in [0, 0.05) is 6.54 Å². The predicted molar refractivity (Wildman–Crippen MR) is 86.7 cm³/mol. The Morgan fingerprint density at radius 2 is 1.95 bits per heavy atom. The summed E-state index contributed by atoms with van der Waals surface area (Å²) in [7, 11) is 4.15.